The van der Waals surface area contributed by atoms with Crippen LogP contribution in [0.15, 0.2) is 84.9 Å². The Morgan fingerprint density at radius 3 is 2.00 bits per heavy atom. The Kier molecular flexibility index (Phi) is 7.97. The average molecular weight is 487 g/mol. The van der Waals surface area contributed by atoms with Crippen molar-refractivity contribution in [3.05, 3.63) is 107 Å². The smallest absolute Gasteiger partial charge is 0.347 e. The third kappa shape index (κ3) is 5.25. The predicted molar refractivity (Wildman–Crippen MR) is 143 cm³/mol. The highest BCUT2D eigenvalue weighted by Gasteiger charge is 2.47. The Hall–Kier alpha value is -2.95. The third-order valence-corrected chi connectivity index (χ3v) is 8.02. The Labute approximate surface area is 215 Å². The molecule has 0 aromatic heterocycles. The molecule has 0 spiro atoms. The van der Waals surface area contributed by atoms with Crippen LogP contribution in [-0.2, 0) is 27.0 Å². The zero-order valence-electron chi connectivity index (χ0n) is 21.6. The van der Waals surface area contributed by atoms with Gasteiger partial charge in [0, 0.05) is 12.5 Å². The summed E-state index contributed by atoms with van der Waals surface area (Å²) < 4.78 is 6.30. The fourth-order valence-corrected chi connectivity index (χ4v) is 5.71. The first kappa shape index (κ1) is 26.1. The summed E-state index contributed by atoms with van der Waals surface area (Å²) in [5.41, 5.74) is 0.986. The van der Waals surface area contributed by atoms with Crippen LogP contribution in [0.5, 0.6) is 0 Å². The van der Waals surface area contributed by atoms with Crippen LogP contribution >= 0.6 is 0 Å². The van der Waals surface area contributed by atoms with Crippen LogP contribution in [0.25, 0.3) is 0 Å². The molecule has 190 valence electrons. The first-order chi connectivity index (χ1) is 17.3. The highest BCUT2D eigenvalue weighted by Crippen LogP contribution is 2.44. The van der Waals surface area contributed by atoms with E-state index in [4.69, 9.17) is 4.74 Å². The fraction of sp³-hybridized carbons (Fsp3) is 0.406. The number of aliphatic hydroxyl groups is 2. The minimum atomic E-state index is -1.93. The van der Waals surface area contributed by atoms with Gasteiger partial charge < -0.3 is 14.9 Å². The molecule has 0 aliphatic heterocycles. The molecule has 4 atom stereocenters. The van der Waals surface area contributed by atoms with Crippen molar-refractivity contribution in [1.29, 1.82) is 0 Å². The molecule has 4 rings (SSSR count). The van der Waals surface area contributed by atoms with Crippen LogP contribution in [0, 0.1) is 11.8 Å². The zero-order valence-corrected chi connectivity index (χ0v) is 21.6. The molecule has 4 nitrogen and oxygen atoms in total. The lowest BCUT2D eigenvalue weighted by Crippen LogP contribution is -2.47. The lowest BCUT2D eigenvalue weighted by atomic mass is 9.64. The molecule has 1 saturated carbocycles. The second-order valence-electron chi connectivity index (χ2n) is 10.8. The Morgan fingerprint density at radius 2 is 1.42 bits per heavy atom. The Balaban J connectivity index is 1.68. The fourth-order valence-electron chi connectivity index (χ4n) is 5.71. The van der Waals surface area contributed by atoms with Crippen molar-refractivity contribution in [2.24, 2.45) is 11.8 Å². The molecule has 2 N–H and O–H groups in total. The largest absolute Gasteiger partial charge is 0.459 e. The van der Waals surface area contributed by atoms with Crippen LogP contribution in [-0.4, -0.2) is 28.9 Å². The number of rotatable bonds is 8. The van der Waals surface area contributed by atoms with Gasteiger partial charge in [0.1, 0.15) is 6.10 Å². The zero-order chi connectivity index (χ0) is 25.8. The van der Waals surface area contributed by atoms with E-state index >= 15 is 0 Å². The molecule has 1 fully saturated rings. The normalized spacial score (nSPS) is 22.0. The summed E-state index contributed by atoms with van der Waals surface area (Å²) in [6.45, 7) is 6.71. The van der Waals surface area contributed by atoms with E-state index in [9.17, 15) is 15.0 Å². The van der Waals surface area contributed by atoms with E-state index in [1.165, 1.54) is 5.56 Å². The molecule has 3 aromatic carbocycles. The first-order valence-electron chi connectivity index (χ1n) is 13.0. The van der Waals surface area contributed by atoms with Gasteiger partial charge in [0.15, 0.2) is 0 Å². The van der Waals surface area contributed by atoms with E-state index in [0.29, 0.717) is 23.5 Å². The standard InChI is InChI=1S/C32H38O4/c1-23-14-19-28(31(2,3)25-10-6-4-7-11-25)29(22-23)36-30(34)32(35,26-12-8-5-9-13-26)27-17-15-24(16-18-27)20-21-33/h4-13,15-18,23,28-29,33,35H,14,19-22H2,1-3H3. The van der Waals surface area contributed by atoms with E-state index in [1.807, 2.05) is 36.4 Å². The van der Waals surface area contributed by atoms with Gasteiger partial charge in [-0.25, -0.2) is 4.79 Å². The highest BCUT2D eigenvalue weighted by molar-refractivity contribution is 5.85. The predicted octanol–water partition coefficient (Wildman–Crippen LogP) is 5.78. The van der Waals surface area contributed by atoms with Crippen LogP contribution in [0.1, 0.15) is 62.3 Å². The highest BCUT2D eigenvalue weighted by atomic mass is 16.6. The summed E-state index contributed by atoms with van der Waals surface area (Å²) >= 11 is 0. The number of esters is 1. The average Bonchev–Trinajstić information content (AvgIpc) is 2.90. The van der Waals surface area contributed by atoms with Gasteiger partial charge in [-0.3, -0.25) is 0 Å². The Bertz CT molecular complexity index is 1120. The monoisotopic (exact) mass is 486 g/mol. The van der Waals surface area contributed by atoms with Crippen LogP contribution in [0.2, 0.25) is 0 Å². The quantitative estimate of drug-likeness (QED) is 0.396. The molecule has 0 bridgehead atoms. The lowest BCUT2D eigenvalue weighted by Gasteiger charge is -2.44. The number of hydrogen-bond donors (Lipinski definition) is 2. The second-order valence-corrected chi connectivity index (χ2v) is 10.8. The number of hydrogen-bond acceptors (Lipinski definition) is 4. The number of carbonyl (C=O) groups is 1. The van der Waals surface area contributed by atoms with Gasteiger partial charge in [-0.2, -0.15) is 0 Å². The van der Waals surface area contributed by atoms with Crippen molar-refractivity contribution in [2.45, 2.75) is 63.6 Å². The van der Waals surface area contributed by atoms with Gasteiger partial charge in [0.25, 0.3) is 0 Å². The summed E-state index contributed by atoms with van der Waals surface area (Å²) in [4.78, 5) is 13.9. The topological polar surface area (TPSA) is 66.8 Å². The minimum Gasteiger partial charge on any atom is -0.459 e. The minimum absolute atomic E-state index is 0.0444. The Morgan fingerprint density at radius 1 is 0.861 bits per heavy atom. The molecule has 0 saturated heterocycles. The third-order valence-electron chi connectivity index (χ3n) is 8.02. The van der Waals surface area contributed by atoms with Gasteiger partial charge in [-0.05, 0) is 52.8 Å². The maximum absolute atomic E-state index is 13.9. The van der Waals surface area contributed by atoms with Gasteiger partial charge in [0.05, 0.1) is 0 Å². The van der Waals surface area contributed by atoms with Crippen molar-refractivity contribution in [3.8, 4) is 0 Å². The van der Waals surface area contributed by atoms with E-state index in [0.717, 1.165) is 24.8 Å². The molecule has 0 radical (unpaired) electrons. The first-order valence-corrected chi connectivity index (χ1v) is 13.0. The summed E-state index contributed by atoms with van der Waals surface area (Å²) in [5, 5.41) is 21.3. The molecule has 36 heavy (non-hydrogen) atoms. The van der Waals surface area contributed by atoms with Gasteiger partial charge in [-0.15, -0.1) is 0 Å². The van der Waals surface area contributed by atoms with Crippen molar-refractivity contribution in [2.75, 3.05) is 6.61 Å². The molecule has 0 amide bonds. The summed E-state index contributed by atoms with van der Waals surface area (Å²) in [6.07, 6.45) is 3.03. The van der Waals surface area contributed by atoms with Gasteiger partial charge in [-0.1, -0.05) is 112 Å². The molecule has 4 heteroatoms. The van der Waals surface area contributed by atoms with Crippen LogP contribution in [0.4, 0.5) is 0 Å². The number of aliphatic hydroxyl groups excluding tert-OH is 1. The second kappa shape index (κ2) is 11.0. The molecule has 1 aliphatic rings. The van der Waals surface area contributed by atoms with E-state index < -0.39 is 11.6 Å². The van der Waals surface area contributed by atoms with Crippen molar-refractivity contribution >= 4 is 5.97 Å². The molecule has 4 unspecified atom stereocenters. The molecular formula is C32H38O4. The number of benzene rings is 3. The molecule has 1 aliphatic carbocycles. The SMILES string of the molecule is CC1CCC(C(C)(C)c2ccccc2)C(OC(=O)C(O)(c2ccccc2)c2ccc(CCO)cc2)C1. The number of ether oxygens (including phenoxy) is 1. The van der Waals surface area contributed by atoms with Crippen LogP contribution in [0.3, 0.4) is 0 Å². The lowest BCUT2D eigenvalue weighted by molar-refractivity contribution is -0.175. The maximum Gasteiger partial charge on any atom is 0.347 e. The summed E-state index contributed by atoms with van der Waals surface area (Å²) in [5.74, 6) is -0.0724. The molecule has 3 aromatic rings. The van der Waals surface area contributed by atoms with E-state index in [1.54, 1.807) is 24.3 Å². The van der Waals surface area contributed by atoms with Crippen molar-refractivity contribution in [1.82, 2.24) is 0 Å². The summed E-state index contributed by atoms with van der Waals surface area (Å²) in [7, 11) is 0. The van der Waals surface area contributed by atoms with Crippen molar-refractivity contribution in [3.63, 3.8) is 0 Å². The van der Waals surface area contributed by atoms with E-state index in [-0.39, 0.29) is 24.0 Å². The summed E-state index contributed by atoms with van der Waals surface area (Å²) in [6, 6.07) is 26.6. The maximum atomic E-state index is 13.9. The van der Waals surface area contributed by atoms with E-state index in [2.05, 4.69) is 45.0 Å². The van der Waals surface area contributed by atoms with Gasteiger partial charge >= 0.3 is 5.97 Å². The molecular weight excluding hydrogens is 448 g/mol. The number of carbonyl (C=O) groups excluding carboxylic acids is 1. The molecule has 0 heterocycles. The van der Waals surface area contributed by atoms with Crippen molar-refractivity contribution < 1.29 is 19.7 Å². The van der Waals surface area contributed by atoms with Gasteiger partial charge in [0.2, 0.25) is 5.60 Å². The van der Waals surface area contributed by atoms with Crippen LogP contribution < -0.4 is 0 Å².